The molecule has 1 atom stereocenters. The molecule has 0 aliphatic heterocycles. The largest absolute Gasteiger partial charge is 0.481 e. The van der Waals surface area contributed by atoms with E-state index in [4.69, 9.17) is 16.3 Å². The second-order valence-electron chi connectivity index (χ2n) is 5.94. The summed E-state index contributed by atoms with van der Waals surface area (Å²) in [6, 6.07) is 21.5. The Morgan fingerprint density at radius 3 is 2.52 bits per heavy atom. The molecule has 0 bridgehead atoms. The van der Waals surface area contributed by atoms with Gasteiger partial charge in [-0.15, -0.1) is 0 Å². The number of carbonyl (C=O) groups is 1. The molecule has 0 aromatic heterocycles. The van der Waals surface area contributed by atoms with E-state index in [0.29, 0.717) is 17.3 Å². The third-order valence-corrected chi connectivity index (χ3v) is 4.28. The summed E-state index contributed by atoms with van der Waals surface area (Å²) >= 11 is 5.86. The van der Waals surface area contributed by atoms with E-state index < -0.39 is 6.10 Å². The minimum atomic E-state index is -0.550. The minimum absolute atomic E-state index is 0.123. The first-order valence-corrected chi connectivity index (χ1v) is 8.67. The van der Waals surface area contributed by atoms with E-state index in [9.17, 15) is 4.79 Å². The third-order valence-electron chi connectivity index (χ3n) is 4.03. The Kier molecular flexibility index (Phi) is 5.56. The predicted molar refractivity (Wildman–Crippen MR) is 102 cm³/mol. The lowest BCUT2D eigenvalue weighted by molar-refractivity contribution is -0.127. The van der Waals surface area contributed by atoms with E-state index in [1.54, 1.807) is 6.92 Å². The van der Waals surface area contributed by atoms with Crippen molar-refractivity contribution in [3.8, 4) is 5.75 Å². The van der Waals surface area contributed by atoms with Gasteiger partial charge in [-0.1, -0.05) is 54.1 Å². The van der Waals surface area contributed by atoms with E-state index in [0.717, 1.165) is 22.8 Å². The molecule has 0 radical (unpaired) electrons. The molecule has 3 nitrogen and oxygen atoms in total. The van der Waals surface area contributed by atoms with Crippen molar-refractivity contribution in [2.45, 2.75) is 19.4 Å². The Balaban J connectivity index is 1.52. The SMILES string of the molecule is C[C@H](Oc1ccc2ccccc2c1)C(=O)NCCc1ccc(Cl)cc1. The number of halogens is 1. The van der Waals surface area contributed by atoms with Gasteiger partial charge in [0, 0.05) is 11.6 Å². The number of nitrogens with one attached hydrogen (secondary N) is 1. The molecule has 0 fully saturated rings. The molecule has 0 aliphatic rings. The van der Waals surface area contributed by atoms with Crippen LogP contribution < -0.4 is 10.1 Å². The highest BCUT2D eigenvalue weighted by atomic mass is 35.5. The number of benzene rings is 3. The van der Waals surface area contributed by atoms with Gasteiger partial charge in [-0.3, -0.25) is 4.79 Å². The fourth-order valence-corrected chi connectivity index (χ4v) is 2.75. The van der Waals surface area contributed by atoms with Gasteiger partial charge in [0.25, 0.3) is 5.91 Å². The van der Waals surface area contributed by atoms with Crippen molar-refractivity contribution in [1.29, 1.82) is 0 Å². The summed E-state index contributed by atoms with van der Waals surface area (Å²) in [5.41, 5.74) is 1.13. The van der Waals surface area contributed by atoms with Crippen LogP contribution in [0.25, 0.3) is 10.8 Å². The molecule has 0 aliphatic carbocycles. The molecule has 1 amide bonds. The Bertz CT molecular complexity index is 861. The molecular weight excluding hydrogens is 334 g/mol. The quantitative estimate of drug-likeness (QED) is 0.702. The molecule has 0 unspecified atom stereocenters. The summed E-state index contributed by atoms with van der Waals surface area (Å²) < 4.78 is 5.77. The molecule has 3 rings (SSSR count). The Morgan fingerprint density at radius 2 is 1.76 bits per heavy atom. The van der Waals surface area contributed by atoms with Crippen molar-refractivity contribution >= 4 is 28.3 Å². The van der Waals surface area contributed by atoms with Gasteiger partial charge in [0.15, 0.2) is 6.10 Å². The van der Waals surface area contributed by atoms with Gasteiger partial charge in [0.1, 0.15) is 5.75 Å². The molecule has 128 valence electrons. The summed E-state index contributed by atoms with van der Waals surface area (Å²) in [4.78, 5) is 12.2. The molecule has 0 saturated heterocycles. The van der Waals surface area contributed by atoms with E-state index >= 15 is 0 Å². The van der Waals surface area contributed by atoms with Crippen LogP contribution in [0.15, 0.2) is 66.7 Å². The number of ether oxygens (including phenoxy) is 1. The zero-order chi connectivity index (χ0) is 17.6. The molecule has 0 spiro atoms. The third kappa shape index (κ3) is 4.74. The average Bonchev–Trinajstić information content (AvgIpc) is 2.63. The molecule has 4 heteroatoms. The van der Waals surface area contributed by atoms with Crippen LogP contribution in [0.3, 0.4) is 0 Å². The van der Waals surface area contributed by atoms with Crippen molar-refractivity contribution in [2.75, 3.05) is 6.54 Å². The van der Waals surface area contributed by atoms with E-state index in [1.165, 1.54) is 0 Å². The summed E-state index contributed by atoms with van der Waals surface area (Å²) in [7, 11) is 0. The number of carbonyl (C=O) groups excluding carboxylic acids is 1. The number of amides is 1. The van der Waals surface area contributed by atoms with Crippen molar-refractivity contribution in [3.63, 3.8) is 0 Å². The standard InChI is InChI=1S/C21H20ClNO2/c1-15(21(24)23-13-12-16-6-9-19(22)10-7-16)25-20-11-8-17-4-2-3-5-18(17)14-20/h2-11,14-15H,12-13H2,1H3,(H,23,24)/t15-/m0/s1. The maximum Gasteiger partial charge on any atom is 0.260 e. The number of hydrogen-bond donors (Lipinski definition) is 1. The van der Waals surface area contributed by atoms with Crippen LogP contribution in [0.5, 0.6) is 5.75 Å². The van der Waals surface area contributed by atoms with E-state index in [1.807, 2.05) is 66.7 Å². The Morgan fingerprint density at radius 1 is 1.04 bits per heavy atom. The number of fused-ring (bicyclic) bond motifs is 1. The van der Waals surface area contributed by atoms with Gasteiger partial charge in [0.2, 0.25) is 0 Å². The van der Waals surface area contributed by atoms with Crippen molar-refractivity contribution in [1.82, 2.24) is 5.32 Å². The van der Waals surface area contributed by atoms with Crippen LogP contribution >= 0.6 is 11.6 Å². The normalized spacial score (nSPS) is 11.9. The Hall–Kier alpha value is -2.52. The van der Waals surface area contributed by atoms with E-state index in [2.05, 4.69) is 5.32 Å². The first-order valence-electron chi connectivity index (χ1n) is 8.29. The maximum absolute atomic E-state index is 12.2. The predicted octanol–water partition coefficient (Wildman–Crippen LogP) is 4.62. The van der Waals surface area contributed by atoms with Gasteiger partial charge in [-0.2, -0.15) is 0 Å². The van der Waals surface area contributed by atoms with Crippen molar-refractivity contribution in [3.05, 3.63) is 77.3 Å². The topological polar surface area (TPSA) is 38.3 Å². The van der Waals surface area contributed by atoms with Gasteiger partial charge in [-0.05, 0) is 53.9 Å². The van der Waals surface area contributed by atoms with Gasteiger partial charge >= 0.3 is 0 Å². The van der Waals surface area contributed by atoms with Crippen molar-refractivity contribution in [2.24, 2.45) is 0 Å². The summed E-state index contributed by atoms with van der Waals surface area (Å²) in [6.07, 6.45) is 0.206. The average molecular weight is 354 g/mol. The first kappa shape index (κ1) is 17.3. The zero-order valence-corrected chi connectivity index (χ0v) is 14.8. The summed E-state index contributed by atoms with van der Waals surface area (Å²) in [6.45, 7) is 2.32. The van der Waals surface area contributed by atoms with Crippen molar-refractivity contribution < 1.29 is 9.53 Å². The van der Waals surface area contributed by atoms with Crippen LogP contribution in [-0.2, 0) is 11.2 Å². The highest BCUT2D eigenvalue weighted by Crippen LogP contribution is 2.21. The van der Waals surface area contributed by atoms with Crippen LogP contribution in [0.4, 0.5) is 0 Å². The molecule has 0 saturated carbocycles. The maximum atomic E-state index is 12.2. The van der Waals surface area contributed by atoms with Crippen LogP contribution in [0.2, 0.25) is 5.02 Å². The van der Waals surface area contributed by atoms with Gasteiger partial charge in [-0.25, -0.2) is 0 Å². The smallest absolute Gasteiger partial charge is 0.260 e. The molecule has 3 aromatic carbocycles. The van der Waals surface area contributed by atoms with Crippen LogP contribution in [-0.4, -0.2) is 18.6 Å². The molecule has 0 heterocycles. The van der Waals surface area contributed by atoms with Crippen LogP contribution in [0.1, 0.15) is 12.5 Å². The Labute approximate surface area is 152 Å². The molecular formula is C21H20ClNO2. The molecule has 25 heavy (non-hydrogen) atoms. The molecule has 3 aromatic rings. The lowest BCUT2D eigenvalue weighted by Gasteiger charge is -2.15. The second-order valence-corrected chi connectivity index (χ2v) is 6.37. The number of hydrogen-bond acceptors (Lipinski definition) is 2. The fourth-order valence-electron chi connectivity index (χ4n) is 2.62. The highest BCUT2D eigenvalue weighted by molar-refractivity contribution is 6.30. The van der Waals surface area contributed by atoms with Gasteiger partial charge in [0.05, 0.1) is 0 Å². The second kappa shape index (κ2) is 8.04. The zero-order valence-electron chi connectivity index (χ0n) is 14.0. The lowest BCUT2D eigenvalue weighted by atomic mass is 10.1. The number of rotatable bonds is 6. The first-order chi connectivity index (χ1) is 12.1. The fraction of sp³-hybridized carbons (Fsp3) is 0.190. The minimum Gasteiger partial charge on any atom is -0.481 e. The van der Waals surface area contributed by atoms with Crippen LogP contribution in [0, 0.1) is 0 Å². The monoisotopic (exact) mass is 353 g/mol. The lowest BCUT2D eigenvalue weighted by Crippen LogP contribution is -2.37. The summed E-state index contributed by atoms with van der Waals surface area (Å²) in [5.74, 6) is 0.571. The van der Waals surface area contributed by atoms with E-state index in [-0.39, 0.29) is 5.91 Å². The molecule has 1 N–H and O–H groups in total. The highest BCUT2D eigenvalue weighted by Gasteiger charge is 2.14. The van der Waals surface area contributed by atoms with Gasteiger partial charge < -0.3 is 10.1 Å². The summed E-state index contributed by atoms with van der Waals surface area (Å²) in [5, 5.41) is 5.86.